The van der Waals surface area contributed by atoms with Crippen molar-refractivity contribution in [2.24, 2.45) is 0 Å². The van der Waals surface area contributed by atoms with Crippen molar-refractivity contribution in [3.8, 4) is 33.2 Å². The van der Waals surface area contributed by atoms with Gasteiger partial charge in [-0.15, -0.1) is 11.3 Å². The van der Waals surface area contributed by atoms with Crippen molar-refractivity contribution < 1.29 is 0 Å². The second-order valence-corrected chi connectivity index (χ2v) is 8.72. The van der Waals surface area contributed by atoms with Crippen LogP contribution in [-0.4, -0.2) is 44.2 Å². The number of pyridine rings is 3. The minimum absolute atomic E-state index is 0.784. The highest BCUT2D eigenvalue weighted by Gasteiger charge is 2.16. The van der Waals surface area contributed by atoms with Gasteiger partial charge in [-0.2, -0.15) is 5.10 Å². The summed E-state index contributed by atoms with van der Waals surface area (Å²) in [6.45, 7) is 0. The lowest BCUT2D eigenvalue weighted by atomic mass is 10.1. The maximum absolute atomic E-state index is 4.94. The predicted octanol–water partition coefficient (Wildman–Crippen LogP) is 5.36. The zero-order valence-corrected chi connectivity index (χ0v) is 18.3. The second-order valence-electron chi connectivity index (χ2n) is 7.77. The predicted molar refractivity (Wildman–Crippen MR) is 130 cm³/mol. The summed E-state index contributed by atoms with van der Waals surface area (Å²) in [5.41, 5.74) is 8.23. The maximum Gasteiger partial charge on any atom is 0.135 e. The van der Waals surface area contributed by atoms with E-state index in [1.54, 1.807) is 11.3 Å². The van der Waals surface area contributed by atoms with Crippen LogP contribution in [0.2, 0.25) is 0 Å². The van der Waals surface area contributed by atoms with Crippen LogP contribution in [0.4, 0.5) is 5.69 Å². The smallest absolute Gasteiger partial charge is 0.135 e. The molecule has 32 heavy (non-hydrogen) atoms. The average Bonchev–Trinajstić information content (AvgIpc) is 3.57. The van der Waals surface area contributed by atoms with Gasteiger partial charge in [0.15, 0.2) is 0 Å². The molecular formula is C24H19N7S. The number of H-pyrrole nitrogens is 2. The third-order valence-corrected chi connectivity index (χ3v) is 6.38. The number of aromatic amines is 2. The van der Waals surface area contributed by atoms with Gasteiger partial charge in [0, 0.05) is 43.0 Å². The molecule has 6 heterocycles. The highest BCUT2D eigenvalue weighted by molar-refractivity contribution is 7.13. The first kappa shape index (κ1) is 18.7. The number of nitrogens with zero attached hydrogens (tertiary/aromatic N) is 5. The average molecular weight is 438 g/mol. The topological polar surface area (TPSA) is 86.4 Å². The first-order chi connectivity index (χ1) is 15.7. The van der Waals surface area contributed by atoms with Crippen molar-refractivity contribution in [3.63, 3.8) is 0 Å². The van der Waals surface area contributed by atoms with Gasteiger partial charge in [-0.3, -0.25) is 15.1 Å². The van der Waals surface area contributed by atoms with Crippen molar-refractivity contribution in [1.29, 1.82) is 0 Å². The summed E-state index contributed by atoms with van der Waals surface area (Å²) in [6, 6.07) is 14.3. The van der Waals surface area contributed by atoms with Crippen LogP contribution in [0.25, 0.3) is 55.2 Å². The van der Waals surface area contributed by atoms with Crippen LogP contribution in [0.3, 0.4) is 0 Å². The first-order valence-electron chi connectivity index (χ1n) is 10.2. The van der Waals surface area contributed by atoms with Crippen LogP contribution < -0.4 is 4.90 Å². The van der Waals surface area contributed by atoms with Gasteiger partial charge < -0.3 is 9.88 Å². The van der Waals surface area contributed by atoms with Crippen LogP contribution in [0.15, 0.2) is 66.4 Å². The van der Waals surface area contributed by atoms with Crippen molar-refractivity contribution in [2.45, 2.75) is 0 Å². The number of anilines is 1. The summed E-state index contributed by atoms with van der Waals surface area (Å²) in [5.74, 6) is 0. The second kappa shape index (κ2) is 7.28. The molecule has 6 aromatic rings. The third-order valence-electron chi connectivity index (χ3n) is 5.50. The Labute approximate surface area is 187 Å². The van der Waals surface area contributed by atoms with Crippen molar-refractivity contribution in [2.75, 3.05) is 19.0 Å². The number of thiophene rings is 1. The lowest BCUT2D eigenvalue weighted by Crippen LogP contribution is -2.08. The summed E-state index contributed by atoms with van der Waals surface area (Å²) < 4.78 is 0. The Kier molecular flexibility index (Phi) is 4.26. The lowest BCUT2D eigenvalue weighted by molar-refractivity contribution is 1.11. The number of nitrogens with one attached hydrogen (secondary N) is 2. The zero-order valence-electron chi connectivity index (χ0n) is 17.5. The van der Waals surface area contributed by atoms with Gasteiger partial charge in [0.05, 0.1) is 39.4 Å². The highest BCUT2D eigenvalue weighted by Crippen LogP contribution is 2.34. The van der Waals surface area contributed by atoms with Crippen LogP contribution in [0.5, 0.6) is 0 Å². The maximum atomic E-state index is 4.94. The minimum atomic E-state index is 0.784. The molecule has 0 aliphatic heterocycles. The summed E-state index contributed by atoms with van der Waals surface area (Å²) in [4.78, 5) is 20.6. The Morgan fingerprint density at radius 1 is 0.969 bits per heavy atom. The summed E-state index contributed by atoms with van der Waals surface area (Å²) in [6.07, 6.45) is 5.51. The van der Waals surface area contributed by atoms with E-state index in [1.807, 2.05) is 61.9 Å². The Hall–Kier alpha value is -4.04. The molecule has 0 aliphatic carbocycles. The Morgan fingerprint density at radius 3 is 2.75 bits per heavy atom. The van der Waals surface area contributed by atoms with E-state index in [9.17, 15) is 0 Å². The van der Waals surface area contributed by atoms with Crippen LogP contribution in [0, 0.1) is 0 Å². The van der Waals surface area contributed by atoms with Gasteiger partial charge in [-0.25, -0.2) is 4.98 Å². The highest BCUT2D eigenvalue weighted by atomic mass is 32.1. The fraction of sp³-hybridized carbons (Fsp3) is 0.0833. The standard InChI is InChI=1S/C24H19N7S/c1-31(2)15-10-14(12-25-13-15)17-5-6-19-23(28-17)24(30-29-19)20-11-16-18(27-20)7-8-26-22(16)21-4-3-9-32-21/h3-13,27H,1-2H3,(H,29,30). The number of fused-ring (bicyclic) bond motifs is 2. The van der Waals surface area contributed by atoms with E-state index in [0.29, 0.717) is 0 Å². The SMILES string of the molecule is CN(C)c1cncc(-c2ccc3[nH]nc(-c4cc5c(-c6cccs6)nccc5[nH]4)c3n2)c1. The van der Waals surface area contributed by atoms with Gasteiger partial charge in [-0.05, 0) is 41.8 Å². The molecule has 0 aromatic carbocycles. The number of rotatable bonds is 4. The summed E-state index contributed by atoms with van der Waals surface area (Å²) >= 11 is 1.68. The van der Waals surface area contributed by atoms with Crippen molar-refractivity contribution in [1.82, 2.24) is 30.1 Å². The number of hydrogen-bond acceptors (Lipinski definition) is 6. The molecule has 0 aliphatic rings. The molecule has 8 heteroatoms. The Bertz CT molecular complexity index is 1560. The van der Waals surface area contributed by atoms with Gasteiger partial charge >= 0.3 is 0 Å². The van der Waals surface area contributed by atoms with Crippen molar-refractivity contribution >= 4 is 39.0 Å². The van der Waals surface area contributed by atoms with E-state index < -0.39 is 0 Å². The normalized spacial score (nSPS) is 11.4. The van der Waals surface area contributed by atoms with Gasteiger partial charge in [-0.1, -0.05) is 6.07 Å². The molecule has 156 valence electrons. The number of hydrogen-bond donors (Lipinski definition) is 2. The van der Waals surface area contributed by atoms with Gasteiger partial charge in [0.2, 0.25) is 0 Å². The van der Waals surface area contributed by atoms with Crippen LogP contribution >= 0.6 is 11.3 Å². The van der Waals surface area contributed by atoms with Gasteiger partial charge in [0.1, 0.15) is 11.2 Å². The molecule has 6 rings (SSSR count). The Morgan fingerprint density at radius 2 is 1.91 bits per heavy atom. The zero-order chi connectivity index (χ0) is 21.7. The molecule has 0 radical (unpaired) electrons. The Balaban J connectivity index is 1.49. The molecule has 0 amide bonds. The molecule has 0 atom stereocenters. The van der Waals surface area contributed by atoms with Gasteiger partial charge in [0.25, 0.3) is 0 Å². The molecule has 0 spiro atoms. The van der Waals surface area contributed by atoms with E-state index in [2.05, 4.69) is 48.7 Å². The molecule has 0 saturated heterocycles. The van der Waals surface area contributed by atoms with E-state index in [-0.39, 0.29) is 0 Å². The largest absolute Gasteiger partial charge is 0.376 e. The fourth-order valence-electron chi connectivity index (χ4n) is 3.85. The molecule has 2 N–H and O–H groups in total. The monoisotopic (exact) mass is 437 g/mol. The molecule has 0 fully saturated rings. The molecule has 6 aromatic heterocycles. The van der Waals surface area contributed by atoms with Crippen LogP contribution in [0.1, 0.15) is 0 Å². The molecule has 0 saturated carbocycles. The quantitative estimate of drug-likeness (QED) is 0.388. The molecular weight excluding hydrogens is 418 g/mol. The molecule has 0 unspecified atom stereocenters. The molecule has 0 bridgehead atoms. The number of aromatic nitrogens is 6. The summed E-state index contributed by atoms with van der Waals surface area (Å²) in [7, 11) is 4.00. The minimum Gasteiger partial charge on any atom is -0.376 e. The van der Waals surface area contributed by atoms with Crippen molar-refractivity contribution in [3.05, 3.63) is 66.4 Å². The third kappa shape index (κ3) is 3.04. The van der Waals surface area contributed by atoms with E-state index >= 15 is 0 Å². The molecule has 7 nitrogen and oxygen atoms in total. The summed E-state index contributed by atoms with van der Waals surface area (Å²) in [5, 5.41) is 10.8. The first-order valence-corrected chi connectivity index (χ1v) is 11.1. The fourth-order valence-corrected chi connectivity index (χ4v) is 4.59. The lowest BCUT2D eigenvalue weighted by Gasteiger charge is -2.12. The van der Waals surface area contributed by atoms with Crippen LogP contribution in [-0.2, 0) is 0 Å². The van der Waals surface area contributed by atoms with E-state index in [0.717, 1.165) is 60.8 Å². The van der Waals surface area contributed by atoms with E-state index in [4.69, 9.17) is 4.98 Å². The van der Waals surface area contributed by atoms with E-state index in [1.165, 1.54) is 0 Å².